The zero-order chi connectivity index (χ0) is 14.8. The monoisotopic (exact) mass is 287 g/mol. The summed E-state index contributed by atoms with van der Waals surface area (Å²) in [6, 6.07) is 5.47. The van der Waals surface area contributed by atoms with Crippen LogP contribution in [0.2, 0.25) is 0 Å². The highest BCUT2D eigenvalue weighted by molar-refractivity contribution is 5.71. The number of benzene rings is 1. The van der Waals surface area contributed by atoms with Crippen molar-refractivity contribution in [2.24, 2.45) is 5.92 Å². The molecular weight excluding hydrogens is 266 g/mol. The highest BCUT2D eigenvalue weighted by Crippen LogP contribution is 2.36. The molecule has 2 N–H and O–H groups in total. The summed E-state index contributed by atoms with van der Waals surface area (Å²) in [4.78, 5) is 4.56. The summed E-state index contributed by atoms with van der Waals surface area (Å²) in [6.45, 7) is 2.29. The lowest BCUT2D eigenvalue weighted by Gasteiger charge is -2.23. The van der Waals surface area contributed by atoms with Gasteiger partial charge in [-0.05, 0) is 30.9 Å². The van der Waals surface area contributed by atoms with E-state index in [0.29, 0.717) is 17.5 Å². The fraction of sp³-hybridized carbons (Fsp3) is 0.500. The average molecular weight is 287 g/mol. The molecule has 2 unspecified atom stereocenters. The van der Waals surface area contributed by atoms with E-state index in [4.69, 9.17) is 15.0 Å². The highest BCUT2D eigenvalue weighted by atomic mass is 16.5. The third-order valence-corrected chi connectivity index (χ3v) is 4.23. The van der Waals surface area contributed by atoms with Crippen LogP contribution in [-0.4, -0.2) is 17.3 Å². The number of hydrogen-bond acceptors (Lipinski definition) is 5. The number of nitrogens with two attached hydrogens (primary N) is 1. The molecule has 2 atom stereocenters. The van der Waals surface area contributed by atoms with E-state index in [9.17, 15) is 0 Å². The number of methoxy groups -OCH3 is 1. The van der Waals surface area contributed by atoms with Crippen LogP contribution in [0.15, 0.2) is 22.7 Å². The minimum atomic E-state index is 0.408. The van der Waals surface area contributed by atoms with Gasteiger partial charge in [0.15, 0.2) is 5.82 Å². The van der Waals surface area contributed by atoms with Crippen molar-refractivity contribution in [1.82, 2.24) is 10.1 Å². The van der Waals surface area contributed by atoms with Gasteiger partial charge in [-0.1, -0.05) is 24.9 Å². The van der Waals surface area contributed by atoms with Crippen molar-refractivity contribution in [2.45, 2.75) is 38.5 Å². The van der Waals surface area contributed by atoms with Gasteiger partial charge in [0.05, 0.1) is 12.7 Å². The second-order valence-electron chi connectivity index (χ2n) is 5.88. The largest absolute Gasteiger partial charge is 0.497 e. The topological polar surface area (TPSA) is 74.2 Å². The summed E-state index contributed by atoms with van der Waals surface area (Å²) < 4.78 is 10.6. The predicted octanol–water partition coefficient (Wildman–Crippen LogP) is 3.62. The SMILES string of the molecule is COc1ccc(-c2nc(C3CCCC(C)C3)no2)c(N)c1. The van der Waals surface area contributed by atoms with Crippen LogP contribution in [0.1, 0.15) is 44.3 Å². The normalized spacial score (nSPS) is 22.2. The van der Waals surface area contributed by atoms with Gasteiger partial charge in [-0.2, -0.15) is 4.98 Å². The number of rotatable bonds is 3. The maximum atomic E-state index is 6.03. The number of ether oxygens (including phenoxy) is 1. The molecule has 5 nitrogen and oxygen atoms in total. The van der Waals surface area contributed by atoms with E-state index < -0.39 is 0 Å². The van der Waals surface area contributed by atoms with Gasteiger partial charge in [0.2, 0.25) is 0 Å². The van der Waals surface area contributed by atoms with Crippen molar-refractivity contribution in [3.63, 3.8) is 0 Å². The van der Waals surface area contributed by atoms with Gasteiger partial charge in [0, 0.05) is 17.7 Å². The first kappa shape index (κ1) is 13.9. The average Bonchev–Trinajstić information content (AvgIpc) is 2.96. The number of aromatic nitrogens is 2. The molecule has 1 heterocycles. The molecule has 2 aromatic rings. The van der Waals surface area contributed by atoms with E-state index in [1.54, 1.807) is 13.2 Å². The van der Waals surface area contributed by atoms with E-state index in [2.05, 4.69) is 17.1 Å². The summed E-state index contributed by atoms with van der Waals surface area (Å²) in [5.74, 6) is 3.16. The quantitative estimate of drug-likeness (QED) is 0.873. The first-order valence-corrected chi connectivity index (χ1v) is 7.45. The Labute approximate surface area is 124 Å². The molecule has 1 aliphatic rings. The van der Waals surface area contributed by atoms with Gasteiger partial charge in [-0.25, -0.2) is 0 Å². The Morgan fingerprint density at radius 3 is 2.90 bits per heavy atom. The third kappa shape index (κ3) is 2.86. The number of anilines is 1. The lowest BCUT2D eigenvalue weighted by Crippen LogP contribution is -2.12. The molecular formula is C16H21N3O2. The van der Waals surface area contributed by atoms with E-state index >= 15 is 0 Å². The molecule has 0 aliphatic heterocycles. The minimum absolute atomic E-state index is 0.408. The number of nitrogen functional groups attached to an aromatic ring is 1. The van der Waals surface area contributed by atoms with Gasteiger partial charge >= 0.3 is 0 Å². The van der Waals surface area contributed by atoms with Crippen LogP contribution in [0.3, 0.4) is 0 Å². The van der Waals surface area contributed by atoms with Crippen molar-refractivity contribution in [3.05, 3.63) is 24.0 Å². The summed E-state index contributed by atoms with van der Waals surface area (Å²) in [7, 11) is 1.61. The molecule has 1 aliphatic carbocycles. The molecule has 1 saturated carbocycles. The van der Waals surface area contributed by atoms with E-state index in [1.165, 1.54) is 12.8 Å². The second-order valence-corrected chi connectivity index (χ2v) is 5.88. The second kappa shape index (κ2) is 5.76. The Hall–Kier alpha value is -2.04. The fourth-order valence-electron chi connectivity index (χ4n) is 3.04. The Balaban J connectivity index is 1.84. The van der Waals surface area contributed by atoms with E-state index in [1.807, 2.05) is 12.1 Å². The minimum Gasteiger partial charge on any atom is -0.497 e. The molecule has 1 aromatic carbocycles. The first-order chi connectivity index (χ1) is 10.2. The molecule has 0 spiro atoms. The van der Waals surface area contributed by atoms with E-state index in [-0.39, 0.29) is 0 Å². The van der Waals surface area contributed by atoms with Crippen molar-refractivity contribution >= 4 is 5.69 Å². The van der Waals surface area contributed by atoms with Crippen molar-refractivity contribution in [3.8, 4) is 17.2 Å². The standard InChI is InChI=1S/C16H21N3O2/c1-10-4-3-5-11(8-10)15-18-16(21-19-15)13-7-6-12(20-2)9-14(13)17/h6-7,9-11H,3-5,8,17H2,1-2H3. The zero-order valence-electron chi connectivity index (χ0n) is 12.5. The van der Waals surface area contributed by atoms with E-state index in [0.717, 1.165) is 35.9 Å². The van der Waals surface area contributed by atoms with Crippen LogP contribution < -0.4 is 10.5 Å². The molecule has 1 fully saturated rings. The molecule has 1 aromatic heterocycles. The summed E-state index contributed by atoms with van der Waals surface area (Å²) in [5.41, 5.74) is 7.38. The maximum Gasteiger partial charge on any atom is 0.260 e. The first-order valence-electron chi connectivity index (χ1n) is 7.45. The smallest absolute Gasteiger partial charge is 0.260 e. The van der Waals surface area contributed by atoms with Crippen molar-refractivity contribution in [2.75, 3.05) is 12.8 Å². The summed E-state index contributed by atoms with van der Waals surface area (Å²) in [6.07, 6.45) is 4.81. The Kier molecular flexibility index (Phi) is 3.82. The maximum absolute atomic E-state index is 6.03. The Morgan fingerprint density at radius 1 is 1.33 bits per heavy atom. The third-order valence-electron chi connectivity index (χ3n) is 4.23. The lowest BCUT2D eigenvalue weighted by atomic mass is 9.82. The molecule has 5 heteroatoms. The van der Waals surface area contributed by atoms with Crippen LogP contribution in [0.5, 0.6) is 5.75 Å². The zero-order valence-corrected chi connectivity index (χ0v) is 12.5. The van der Waals surface area contributed by atoms with Crippen molar-refractivity contribution in [1.29, 1.82) is 0 Å². The van der Waals surface area contributed by atoms with Crippen molar-refractivity contribution < 1.29 is 9.26 Å². The molecule has 21 heavy (non-hydrogen) atoms. The van der Waals surface area contributed by atoms with Crippen LogP contribution >= 0.6 is 0 Å². The van der Waals surface area contributed by atoms with Gasteiger partial charge in [-0.15, -0.1) is 0 Å². The van der Waals surface area contributed by atoms with Gasteiger partial charge < -0.3 is 15.0 Å². The summed E-state index contributed by atoms with van der Waals surface area (Å²) >= 11 is 0. The predicted molar refractivity (Wildman–Crippen MR) is 81.1 cm³/mol. The van der Waals surface area contributed by atoms with Crippen LogP contribution in [0.4, 0.5) is 5.69 Å². The molecule has 0 amide bonds. The molecule has 3 rings (SSSR count). The van der Waals surface area contributed by atoms with Gasteiger partial charge in [-0.3, -0.25) is 0 Å². The molecule has 0 bridgehead atoms. The Bertz CT molecular complexity index is 624. The lowest BCUT2D eigenvalue weighted by molar-refractivity contribution is 0.324. The molecule has 0 saturated heterocycles. The van der Waals surface area contributed by atoms with Gasteiger partial charge in [0.25, 0.3) is 5.89 Å². The summed E-state index contributed by atoms with van der Waals surface area (Å²) in [5, 5.41) is 4.16. The molecule has 0 radical (unpaired) electrons. The van der Waals surface area contributed by atoms with Gasteiger partial charge in [0.1, 0.15) is 5.75 Å². The number of hydrogen-bond donors (Lipinski definition) is 1. The highest BCUT2D eigenvalue weighted by Gasteiger charge is 2.25. The fourth-order valence-corrected chi connectivity index (χ4v) is 3.04. The van der Waals surface area contributed by atoms with Crippen LogP contribution in [0, 0.1) is 5.92 Å². The van der Waals surface area contributed by atoms with Crippen LogP contribution in [-0.2, 0) is 0 Å². The van der Waals surface area contributed by atoms with Crippen LogP contribution in [0.25, 0.3) is 11.5 Å². The Morgan fingerprint density at radius 2 is 2.19 bits per heavy atom. The number of nitrogens with zero attached hydrogens (tertiary/aromatic N) is 2. The molecule has 112 valence electrons.